The minimum absolute atomic E-state index is 0.0528. The molecule has 21 heavy (non-hydrogen) atoms. The number of hydrogen-bond acceptors (Lipinski definition) is 3. The van der Waals surface area contributed by atoms with Gasteiger partial charge in [-0.2, -0.15) is 0 Å². The summed E-state index contributed by atoms with van der Waals surface area (Å²) < 4.78 is 0. The van der Waals surface area contributed by atoms with Crippen molar-refractivity contribution in [2.24, 2.45) is 0 Å². The summed E-state index contributed by atoms with van der Waals surface area (Å²) >= 11 is 0. The van der Waals surface area contributed by atoms with Crippen LogP contribution < -0.4 is 5.32 Å². The summed E-state index contributed by atoms with van der Waals surface area (Å²) in [7, 11) is 0. The van der Waals surface area contributed by atoms with Crippen LogP contribution in [0.2, 0.25) is 0 Å². The van der Waals surface area contributed by atoms with Gasteiger partial charge in [-0.25, -0.2) is 4.79 Å². The van der Waals surface area contributed by atoms with Gasteiger partial charge in [0, 0.05) is 19.2 Å². The van der Waals surface area contributed by atoms with Gasteiger partial charge < -0.3 is 10.2 Å². The Morgan fingerprint density at radius 2 is 1.90 bits per heavy atom. The molecule has 108 valence electrons. The number of carbonyl (C=O) groups excluding carboxylic acids is 3. The molecule has 1 aromatic rings. The van der Waals surface area contributed by atoms with Gasteiger partial charge in [0.15, 0.2) is 0 Å². The number of nitrogens with one attached hydrogen (secondary N) is 1. The summed E-state index contributed by atoms with van der Waals surface area (Å²) in [6, 6.07) is 8.98. The van der Waals surface area contributed by atoms with Crippen molar-refractivity contribution in [2.45, 2.75) is 6.04 Å². The Hall–Kier alpha value is -2.63. The zero-order chi connectivity index (χ0) is 14.8. The molecule has 0 unspecified atom stereocenters. The van der Waals surface area contributed by atoms with E-state index in [1.807, 2.05) is 30.3 Å². The number of hydrogen-bond donors (Lipinski definition) is 1. The molecule has 4 amide bonds. The molecule has 2 saturated heterocycles. The van der Waals surface area contributed by atoms with E-state index in [-0.39, 0.29) is 30.4 Å². The van der Waals surface area contributed by atoms with Crippen LogP contribution in [0.4, 0.5) is 4.79 Å². The van der Waals surface area contributed by atoms with E-state index >= 15 is 0 Å². The van der Waals surface area contributed by atoms with Gasteiger partial charge in [-0.05, 0) is 11.6 Å². The fourth-order valence-electron chi connectivity index (χ4n) is 2.44. The SMILES string of the molecule is O=C(/C=C/c1ccccc1)N1CC(N2C(=O)CNC2=O)C1. The minimum Gasteiger partial charge on any atom is -0.335 e. The normalized spacial score (nSPS) is 19.0. The largest absolute Gasteiger partial charge is 0.335 e. The first-order chi connectivity index (χ1) is 10.1. The summed E-state index contributed by atoms with van der Waals surface area (Å²) in [5, 5.41) is 2.48. The third-order valence-electron chi connectivity index (χ3n) is 3.64. The van der Waals surface area contributed by atoms with Gasteiger partial charge in [-0.1, -0.05) is 30.3 Å². The Morgan fingerprint density at radius 3 is 2.52 bits per heavy atom. The Kier molecular flexibility index (Phi) is 3.43. The first-order valence-corrected chi connectivity index (χ1v) is 6.77. The lowest BCUT2D eigenvalue weighted by Crippen LogP contribution is -2.62. The monoisotopic (exact) mass is 285 g/mol. The Labute approximate surface area is 122 Å². The number of likely N-dealkylation sites (tertiary alicyclic amines) is 1. The molecule has 0 radical (unpaired) electrons. The average molecular weight is 285 g/mol. The first-order valence-electron chi connectivity index (χ1n) is 6.77. The number of benzene rings is 1. The van der Waals surface area contributed by atoms with Crippen molar-refractivity contribution in [1.82, 2.24) is 15.1 Å². The number of rotatable bonds is 3. The second-order valence-corrected chi connectivity index (χ2v) is 5.06. The van der Waals surface area contributed by atoms with E-state index in [9.17, 15) is 14.4 Å². The average Bonchev–Trinajstić information content (AvgIpc) is 2.77. The van der Waals surface area contributed by atoms with Crippen LogP contribution in [0.5, 0.6) is 0 Å². The highest BCUT2D eigenvalue weighted by Crippen LogP contribution is 2.18. The Morgan fingerprint density at radius 1 is 1.19 bits per heavy atom. The molecule has 6 heteroatoms. The fraction of sp³-hybridized carbons (Fsp3) is 0.267. The fourth-order valence-corrected chi connectivity index (χ4v) is 2.44. The summed E-state index contributed by atoms with van der Waals surface area (Å²) in [6.07, 6.45) is 3.26. The van der Waals surface area contributed by atoms with E-state index in [0.717, 1.165) is 5.56 Å². The van der Waals surface area contributed by atoms with Crippen LogP contribution in [0.1, 0.15) is 5.56 Å². The maximum Gasteiger partial charge on any atom is 0.324 e. The molecule has 1 aromatic carbocycles. The van der Waals surface area contributed by atoms with Crippen molar-refractivity contribution in [3.8, 4) is 0 Å². The third kappa shape index (κ3) is 2.65. The molecular formula is C15H15N3O3. The summed E-state index contributed by atoms with van der Waals surface area (Å²) in [5.74, 6) is -0.334. The van der Waals surface area contributed by atoms with E-state index in [4.69, 9.17) is 0 Å². The lowest BCUT2D eigenvalue weighted by atomic mass is 10.1. The van der Waals surface area contributed by atoms with E-state index in [1.54, 1.807) is 11.0 Å². The Bertz CT molecular complexity index is 590. The Balaban J connectivity index is 1.54. The van der Waals surface area contributed by atoms with Gasteiger partial charge in [0.05, 0.1) is 12.6 Å². The smallest absolute Gasteiger partial charge is 0.324 e. The van der Waals surface area contributed by atoms with Crippen LogP contribution in [0.25, 0.3) is 6.08 Å². The van der Waals surface area contributed by atoms with Gasteiger partial charge in [-0.15, -0.1) is 0 Å². The molecule has 2 aliphatic heterocycles. The summed E-state index contributed by atoms with van der Waals surface area (Å²) in [5.41, 5.74) is 0.956. The second kappa shape index (κ2) is 5.40. The number of imide groups is 1. The van der Waals surface area contributed by atoms with Crippen LogP contribution in [0, 0.1) is 0 Å². The molecule has 2 fully saturated rings. The zero-order valence-electron chi connectivity index (χ0n) is 11.4. The van der Waals surface area contributed by atoms with Crippen LogP contribution in [0.3, 0.4) is 0 Å². The second-order valence-electron chi connectivity index (χ2n) is 5.06. The lowest BCUT2D eigenvalue weighted by Gasteiger charge is -2.41. The third-order valence-corrected chi connectivity index (χ3v) is 3.64. The molecule has 0 aliphatic carbocycles. The molecule has 0 spiro atoms. The highest BCUT2D eigenvalue weighted by molar-refractivity contribution is 6.02. The standard InChI is InChI=1S/C15H15N3O3/c19-13(7-6-11-4-2-1-3-5-11)17-9-12(10-17)18-14(20)8-16-15(18)21/h1-7,12H,8-10H2,(H,16,21)/b7-6+. The summed E-state index contributed by atoms with van der Waals surface area (Å²) in [4.78, 5) is 37.8. The number of urea groups is 1. The minimum atomic E-state index is -0.364. The van der Waals surface area contributed by atoms with E-state index in [0.29, 0.717) is 13.1 Å². The lowest BCUT2D eigenvalue weighted by molar-refractivity contribution is -0.138. The van der Waals surface area contributed by atoms with Crippen LogP contribution in [-0.2, 0) is 9.59 Å². The summed E-state index contributed by atoms with van der Waals surface area (Å²) in [6.45, 7) is 0.853. The van der Waals surface area contributed by atoms with Crippen molar-refractivity contribution >= 4 is 23.9 Å². The van der Waals surface area contributed by atoms with Crippen molar-refractivity contribution in [3.05, 3.63) is 42.0 Å². The molecule has 0 aromatic heterocycles. The van der Waals surface area contributed by atoms with Crippen LogP contribution >= 0.6 is 0 Å². The van der Waals surface area contributed by atoms with E-state index in [1.165, 1.54) is 11.0 Å². The van der Waals surface area contributed by atoms with Gasteiger partial charge >= 0.3 is 6.03 Å². The number of nitrogens with zero attached hydrogens (tertiary/aromatic N) is 2. The molecule has 0 saturated carbocycles. The molecule has 6 nitrogen and oxygen atoms in total. The molecule has 1 N–H and O–H groups in total. The van der Waals surface area contributed by atoms with Gasteiger partial charge in [0.25, 0.3) is 0 Å². The first kappa shape index (κ1) is 13.4. The maximum absolute atomic E-state index is 12.0. The maximum atomic E-state index is 12.0. The molecular weight excluding hydrogens is 270 g/mol. The van der Waals surface area contributed by atoms with Gasteiger partial charge in [-0.3, -0.25) is 14.5 Å². The van der Waals surface area contributed by atoms with Gasteiger partial charge in [0.2, 0.25) is 11.8 Å². The van der Waals surface area contributed by atoms with E-state index < -0.39 is 0 Å². The molecule has 0 bridgehead atoms. The van der Waals surface area contributed by atoms with Crippen LogP contribution in [0.15, 0.2) is 36.4 Å². The van der Waals surface area contributed by atoms with Crippen molar-refractivity contribution in [2.75, 3.05) is 19.6 Å². The predicted octanol–water partition coefficient (Wildman–Crippen LogP) is 0.462. The predicted molar refractivity (Wildman–Crippen MR) is 76.1 cm³/mol. The molecule has 2 heterocycles. The van der Waals surface area contributed by atoms with Crippen molar-refractivity contribution in [3.63, 3.8) is 0 Å². The van der Waals surface area contributed by atoms with Crippen molar-refractivity contribution in [1.29, 1.82) is 0 Å². The van der Waals surface area contributed by atoms with Crippen molar-refractivity contribution < 1.29 is 14.4 Å². The topological polar surface area (TPSA) is 69.7 Å². The quantitative estimate of drug-likeness (QED) is 0.648. The number of carbonyl (C=O) groups is 3. The zero-order valence-corrected chi connectivity index (χ0v) is 11.4. The molecule has 3 rings (SSSR count). The highest BCUT2D eigenvalue weighted by atomic mass is 16.2. The molecule has 2 aliphatic rings. The van der Waals surface area contributed by atoms with E-state index in [2.05, 4.69) is 5.32 Å². The van der Waals surface area contributed by atoms with Crippen LogP contribution in [-0.4, -0.2) is 53.3 Å². The highest BCUT2D eigenvalue weighted by Gasteiger charge is 2.42. The number of amides is 4. The van der Waals surface area contributed by atoms with Gasteiger partial charge in [0.1, 0.15) is 0 Å². The molecule has 0 atom stereocenters.